The molecule has 1 atom stereocenters. The Labute approximate surface area is 93.1 Å². The van der Waals surface area contributed by atoms with Gasteiger partial charge in [0.1, 0.15) is 0 Å². The summed E-state index contributed by atoms with van der Waals surface area (Å²) in [7, 11) is 0. The summed E-state index contributed by atoms with van der Waals surface area (Å²) in [6, 6.07) is 9.00. The molecule has 0 amide bonds. The highest BCUT2D eigenvalue weighted by Crippen LogP contribution is 2.26. The van der Waals surface area contributed by atoms with Crippen LogP contribution in [0.2, 0.25) is 0 Å². The summed E-state index contributed by atoms with van der Waals surface area (Å²) in [6.07, 6.45) is 0. The van der Waals surface area contributed by atoms with Gasteiger partial charge in [0.2, 0.25) is 0 Å². The molecule has 1 rings (SSSR count). The van der Waals surface area contributed by atoms with Gasteiger partial charge >= 0.3 is 0 Å². The molecule has 2 nitrogen and oxygen atoms in total. The highest BCUT2D eigenvalue weighted by atomic mass is 15.1. The number of nitrogens with zero attached hydrogens (tertiary/aromatic N) is 1. The highest BCUT2D eigenvalue weighted by molar-refractivity contribution is 5.55. The van der Waals surface area contributed by atoms with E-state index in [1.807, 2.05) is 6.92 Å². The zero-order valence-electron chi connectivity index (χ0n) is 10.2. The second-order valence-corrected chi connectivity index (χ2v) is 4.23. The van der Waals surface area contributed by atoms with Crippen LogP contribution >= 0.6 is 0 Å². The molecule has 0 aromatic heterocycles. The molecule has 0 aliphatic rings. The minimum Gasteiger partial charge on any atom is -0.369 e. The average molecular weight is 206 g/mol. The molecule has 0 aliphatic heterocycles. The molecule has 0 radical (unpaired) electrons. The minimum atomic E-state index is 0.0917. The number of rotatable bonds is 4. The maximum atomic E-state index is 5.98. The lowest BCUT2D eigenvalue weighted by Gasteiger charge is -2.30. The van der Waals surface area contributed by atoms with Gasteiger partial charge < -0.3 is 10.6 Å². The van der Waals surface area contributed by atoms with E-state index in [1.54, 1.807) is 0 Å². The molecule has 2 heteroatoms. The SMILES string of the molecule is CCN(c1ccccc1[C@@H](C)N)C(C)C. The van der Waals surface area contributed by atoms with E-state index < -0.39 is 0 Å². The van der Waals surface area contributed by atoms with Crippen LogP contribution in [-0.2, 0) is 0 Å². The second kappa shape index (κ2) is 5.17. The maximum absolute atomic E-state index is 5.98. The fraction of sp³-hybridized carbons (Fsp3) is 0.538. The number of nitrogens with two attached hydrogens (primary N) is 1. The average Bonchev–Trinajstić information content (AvgIpc) is 2.18. The molecular weight excluding hydrogens is 184 g/mol. The van der Waals surface area contributed by atoms with Gasteiger partial charge in [-0.3, -0.25) is 0 Å². The van der Waals surface area contributed by atoms with E-state index in [-0.39, 0.29) is 6.04 Å². The standard InChI is InChI=1S/C13H22N2/c1-5-15(10(2)3)13-9-7-6-8-12(13)11(4)14/h6-11H,5,14H2,1-4H3/t11-/m1/s1. The third-order valence-corrected chi connectivity index (χ3v) is 2.70. The van der Waals surface area contributed by atoms with Crippen molar-refractivity contribution in [3.63, 3.8) is 0 Å². The monoisotopic (exact) mass is 206 g/mol. The van der Waals surface area contributed by atoms with Crippen molar-refractivity contribution in [3.8, 4) is 0 Å². The molecule has 84 valence electrons. The normalized spacial score (nSPS) is 12.9. The molecule has 0 saturated heterocycles. The third-order valence-electron chi connectivity index (χ3n) is 2.70. The molecular formula is C13H22N2. The summed E-state index contributed by atoms with van der Waals surface area (Å²) in [5.74, 6) is 0. The Morgan fingerprint density at radius 2 is 1.80 bits per heavy atom. The van der Waals surface area contributed by atoms with Gasteiger partial charge in [0.05, 0.1) is 0 Å². The fourth-order valence-electron chi connectivity index (χ4n) is 1.95. The lowest BCUT2D eigenvalue weighted by Crippen LogP contribution is -2.31. The highest BCUT2D eigenvalue weighted by Gasteiger charge is 2.13. The van der Waals surface area contributed by atoms with Crippen LogP contribution in [0.1, 0.15) is 39.3 Å². The van der Waals surface area contributed by atoms with Gasteiger partial charge in [0, 0.05) is 24.3 Å². The summed E-state index contributed by atoms with van der Waals surface area (Å²) in [5.41, 5.74) is 8.48. The van der Waals surface area contributed by atoms with Crippen LogP contribution in [0.4, 0.5) is 5.69 Å². The zero-order chi connectivity index (χ0) is 11.4. The summed E-state index contributed by atoms with van der Waals surface area (Å²) >= 11 is 0. The Hall–Kier alpha value is -1.02. The minimum absolute atomic E-state index is 0.0917. The Bertz CT molecular complexity index is 305. The van der Waals surface area contributed by atoms with Gasteiger partial charge in [-0.2, -0.15) is 0 Å². The second-order valence-electron chi connectivity index (χ2n) is 4.23. The predicted molar refractivity (Wildman–Crippen MR) is 67.2 cm³/mol. The van der Waals surface area contributed by atoms with E-state index in [1.165, 1.54) is 11.3 Å². The Balaban J connectivity index is 3.11. The first kappa shape index (κ1) is 12.1. The lowest BCUT2D eigenvalue weighted by atomic mass is 10.0. The van der Waals surface area contributed by atoms with Crippen molar-refractivity contribution in [2.24, 2.45) is 5.73 Å². The predicted octanol–water partition coefficient (Wildman–Crippen LogP) is 2.94. The van der Waals surface area contributed by atoms with Crippen molar-refractivity contribution in [1.29, 1.82) is 0 Å². The Morgan fingerprint density at radius 3 is 2.27 bits per heavy atom. The molecule has 0 saturated carbocycles. The fourth-order valence-corrected chi connectivity index (χ4v) is 1.95. The van der Waals surface area contributed by atoms with Gasteiger partial charge in [-0.1, -0.05) is 18.2 Å². The summed E-state index contributed by atoms with van der Waals surface area (Å²) in [6.45, 7) is 9.65. The Kier molecular flexibility index (Phi) is 4.15. The number of hydrogen-bond acceptors (Lipinski definition) is 2. The summed E-state index contributed by atoms with van der Waals surface area (Å²) < 4.78 is 0. The van der Waals surface area contributed by atoms with E-state index >= 15 is 0 Å². The van der Waals surface area contributed by atoms with Crippen LogP contribution in [0, 0.1) is 0 Å². The van der Waals surface area contributed by atoms with Crippen LogP contribution in [-0.4, -0.2) is 12.6 Å². The topological polar surface area (TPSA) is 29.3 Å². The molecule has 0 bridgehead atoms. The van der Waals surface area contributed by atoms with Crippen LogP contribution in [0.3, 0.4) is 0 Å². The summed E-state index contributed by atoms with van der Waals surface area (Å²) in [5, 5.41) is 0. The van der Waals surface area contributed by atoms with Gasteiger partial charge in [-0.15, -0.1) is 0 Å². The first-order chi connectivity index (χ1) is 7.07. The van der Waals surface area contributed by atoms with Crippen LogP contribution in [0.25, 0.3) is 0 Å². The van der Waals surface area contributed by atoms with E-state index in [9.17, 15) is 0 Å². The van der Waals surface area contributed by atoms with Gasteiger partial charge in [0.25, 0.3) is 0 Å². The van der Waals surface area contributed by atoms with Gasteiger partial charge in [0.15, 0.2) is 0 Å². The van der Waals surface area contributed by atoms with Crippen molar-refractivity contribution in [1.82, 2.24) is 0 Å². The largest absolute Gasteiger partial charge is 0.369 e. The lowest BCUT2D eigenvalue weighted by molar-refractivity contribution is 0.691. The number of anilines is 1. The van der Waals surface area contributed by atoms with Crippen molar-refractivity contribution < 1.29 is 0 Å². The van der Waals surface area contributed by atoms with Gasteiger partial charge in [-0.25, -0.2) is 0 Å². The van der Waals surface area contributed by atoms with Crippen LogP contribution < -0.4 is 10.6 Å². The first-order valence-corrected chi connectivity index (χ1v) is 5.69. The zero-order valence-corrected chi connectivity index (χ0v) is 10.2. The number of hydrogen-bond donors (Lipinski definition) is 1. The molecule has 15 heavy (non-hydrogen) atoms. The van der Waals surface area contributed by atoms with Crippen molar-refractivity contribution >= 4 is 5.69 Å². The molecule has 1 aromatic rings. The van der Waals surface area contributed by atoms with E-state index in [0.29, 0.717) is 6.04 Å². The van der Waals surface area contributed by atoms with E-state index in [0.717, 1.165) is 6.54 Å². The van der Waals surface area contributed by atoms with Crippen molar-refractivity contribution in [2.75, 3.05) is 11.4 Å². The third kappa shape index (κ3) is 2.72. The maximum Gasteiger partial charge on any atom is 0.0416 e. The number of benzene rings is 1. The van der Waals surface area contributed by atoms with Crippen LogP contribution in [0.15, 0.2) is 24.3 Å². The van der Waals surface area contributed by atoms with Crippen molar-refractivity contribution in [2.45, 2.75) is 39.8 Å². The molecule has 2 N–H and O–H groups in total. The summed E-state index contributed by atoms with van der Waals surface area (Å²) in [4.78, 5) is 2.37. The molecule has 1 aromatic carbocycles. The quantitative estimate of drug-likeness (QED) is 0.820. The molecule has 0 fully saturated rings. The van der Waals surface area contributed by atoms with E-state index in [2.05, 4.69) is 49.9 Å². The molecule has 0 unspecified atom stereocenters. The van der Waals surface area contributed by atoms with Crippen molar-refractivity contribution in [3.05, 3.63) is 29.8 Å². The van der Waals surface area contributed by atoms with E-state index in [4.69, 9.17) is 5.73 Å². The number of para-hydroxylation sites is 1. The smallest absolute Gasteiger partial charge is 0.0416 e. The molecule has 0 aliphatic carbocycles. The Morgan fingerprint density at radius 1 is 1.20 bits per heavy atom. The first-order valence-electron chi connectivity index (χ1n) is 5.69. The van der Waals surface area contributed by atoms with Gasteiger partial charge in [-0.05, 0) is 39.3 Å². The molecule has 0 heterocycles. The van der Waals surface area contributed by atoms with Crippen LogP contribution in [0.5, 0.6) is 0 Å². The molecule has 0 spiro atoms.